The molecule has 7 nitrogen and oxygen atoms in total. The number of aromatic nitrogens is 1. The molecular weight excluding hydrogens is 435 g/mol. The predicted molar refractivity (Wildman–Crippen MR) is 128 cm³/mol. The first-order valence-corrected chi connectivity index (χ1v) is 11.1. The van der Waals surface area contributed by atoms with E-state index in [1.807, 2.05) is 31.2 Å². The Morgan fingerprint density at radius 3 is 2.29 bits per heavy atom. The molecule has 0 aliphatic carbocycles. The van der Waals surface area contributed by atoms with E-state index in [0.717, 1.165) is 28.9 Å². The lowest BCUT2D eigenvalue weighted by Crippen LogP contribution is -2.53. The van der Waals surface area contributed by atoms with Crippen LogP contribution < -0.4 is 4.90 Å². The van der Waals surface area contributed by atoms with E-state index < -0.39 is 6.09 Å². The highest BCUT2D eigenvalue weighted by molar-refractivity contribution is 6.04. The van der Waals surface area contributed by atoms with Crippen molar-refractivity contribution >= 4 is 17.7 Å². The molecule has 1 N–H and O–H groups in total. The van der Waals surface area contributed by atoms with E-state index in [9.17, 15) is 19.1 Å². The van der Waals surface area contributed by atoms with Crippen molar-refractivity contribution in [3.63, 3.8) is 0 Å². The SMILES string of the molecule is CC1CN(Cc2ccc(N(C)C(=O)c3ccc(-c4ccc(F)cc4)cn3)cc2)CCN1C(=O)O. The van der Waals surface area contributed by atoms with Crippen molar-refractivity contribution in [2.45, 2.75) is 19.5 Å². The van der Waals surface area contributed by atoms with Crippen LogP contribution in [0.25, 0.3) is 11.1 Å². The fourth-order valence-electron chi connectivity index (χ4n) is 4.17. The van der Waals surface area contributed by atoms with E-state index in [0.29, 0.717) is 25.3 Å². The van der Waals surface area contributed by atoms with Crippen molar-refractivity contribution in [2.24, 2.45) is 0 Å². The molecule has 8 heteroatoms. The molecule has 0 radical (unpaired) electrons. The van der Waals surface area contributed by atoms with Gasteiger partial charge in [0.25, 0.3) is 5.91 Å². The quantitative estimate of drug-likeness (QED) is 0.610. The number of carboxylic acid groups (broad SMARTS) is 1. The summed E-state index contributed by atoms with van der Waals surface area (Å²) in [6, 6.07) is 17.3. The largest absolute Gasteiger partial charge is 0.465 e. The molecule has 1 saturated heterocycles. The predicted octanol–water partition coefficient (Wildman–Crippen LogP) is 4.35. The van der Waals surface area contributed by atoms with Crippen LogP contribution in [-0.2, 0) is 6.54 Å². The second kappa shape index (κ2) is 10.0. The van der Waals surface area contributed by atoms with Gasteiger partial charge in [-0.05, 0) is 48.4 Å². The Labute approximate surface area is 198 Å². The summed E-state index contributed by atoms with van der Waals surface area (Å²) in [6.07, 6.45) is 0.742. The van der Waals surface area contributed by atoms with Gasteiger partial charge in [-0.3, -0.25) is 14.7 Å². The summed E-state index contributed by atoms with van der Waals surface area (Å²) in [6.45, 7) is 4.52. The Morgan fingerprint density at radius 2 is 1.71 bits per heavy atom. The number of anilines is 1. The van der Waals surface area contributed by atoms with Crippen LogP contribution in [0, 0.1) is 5.82 Å². The first-order chi connectivity index (χ1) is 16.3. The summed E-state index contributed by atoms with van der Waals surface area (Å²) in [7, 11) is 1.71. The first-order valence-electron chi connectivity index (χ1n) is 11.1. The molecule has 1 aliphatic heterocycles. The number of nitrogens with zero attached hydrogens (tertiary/aromatic N) is 4. The Balaban J connectivity index is 1.37. The maximum absolute atomic E-state index is 13.1. The molecule has 0 bridgehead atoms. The van der Waals surface area contributed by atoms with Gasteiger partial charge in [-0.1, -0.05) is 30.3 Å². The molecule has 34 heavy (non-hydrogen) atoms. The Bertz CT molecular complexity index is 1150. The van der Waals surface area contributed by atoms with Crippen molar-refractivity contribution in [3.8, 4) is 11.1 Å². The average Bonchev–Trinajstić information content (AvgIpc) is 2.84. The average molecular weight is 463 g/mol. The lowest BCUT2D eigenvalue weighted by atomic mass is 10.1. The van der Waals surface area contributed by atoms with Gasteiger partial charge in [-0.25, -0.2) is 9.18 Å². The zero-order valence-electron chi connectivity index (χ0n) is 19.2. The lowest BCUT2D eigenvalue weighted by molar-refractivity contribution is 0.0711. The molecule has 0 spiro atoms. The number of pyridine rings is 1. The van der Waals surface area contributed by atoms with E-state index in [-0.39, 0.29) is 17.8 Å². The van der Waals surface area contributed by atoms with E-state index >= 15 is 0 Å². The molecule has 2 amide bonds. The minimum Gasteiger partial charge on any atom is -0.465 e. The van der Waals surface area contributed by atoms with Gasteiger partial charge in [0.2, 0.25) is 0 Å². The van der Waals surface area contributed by atoms with E-state index in [1.54, 1.807) is 42.4 Å². The maximum atomic E-state index is 13.1. The fraction of sp³-hybridized carbons (Fsp3) is 0.269. The van der Waals surface area contributed by atoms with Crippen LogP contribution in [0.2, 0.25) is 0 Å². The molecule has 1 aliphatic rings. The summed E-state index contributed by atoms with van der Waals surface area (Å²) in [5.41, 5.74) is 3.81. The van der Waals surface area contributed by atoms with Gasteiger partial charge in [-0.2, -0.15) is 0 Å². The molecule has 1 fully saturated rings. The van der Waals surface area contributed by atoms with Gasteiger partial charge in [0.1, 0.15) is 11.5 Å². The molecule has 2 aromatic carbocycles. The Kier molecular flexibility index (Phi) is 6.88. The van der Waals surface area contributed by atoms with Crippen LogP contribution in [0.5, 0.6) is 0 Å². The number of rotatable bonds is 5. The molecular formula is C26H27FN4O3. The molecule has 3 aromatic rings. The summed E-state index contributed by atoms with van der Waals surface area (Å²) in [5.74, 6) is -0.525. The monoisotopic (exact) mass is 462 g/mol. The van der Waals surface area contributed by atoms with Gasteiger partial charge in [0.05, 0.1) is 0 Å². The van der Waals surface area contributed by atoms with Crippen LogP contribution in [0.15, 0.2) is 66.9 Å². The molecule has 176 valence electrons. The zero-order valence-corrected chi connectivity index (χ0v) is 19.2. The summed E-state index contributed by atoms with van der Waals surface area (Å²) in [4.78, 5) is 33.7. The highest BCUT2D eigenvalue weighted by Gasteiger charge is 2.27. The number of benzene rings is 2. The number of piperazine rings is 1. The van der Waals surface area contributed by atoms with E-state index in [1.165, 1.54) is 17.0 Å². The molecule has 1 atom stereocenters. The number of amides is 2. The van der Waals surface area contributed by atoms with Crippen molar-refractivity contribution in [1.29, 1.82) is 0 Å². The van der Waals surface area contributed by atoms with Crippen LogP contribution >= 0.6 is 0 Å². The molecule has 1 aromatic heterocycles. The molecule has 0 saturated carbocycles. The lowest BCUT2D eigenvalue weighted by Gasteiger charge is -2.38. The van der Waals surface area contributed by atoms with Crippen molar-refractivity contribution < 1.29 is 19.1 Å². The topological polar surface area (TPSA) is 77.0 Å². The van der Waals surface area contributed by atoms with Crippen molar-refractivity contribution in [2.75, 3.05) is 31.6 Å². The zero-order chi connectivity index (χ0) is 24.2. The third kappa shape index (κ3) is 5.23. The second-order valence-electron chi connectivity index (χ2n) is 8.53. The highest BCUT2D eigenvalue weighted by Crippen LogP contribution is 2.21. The molecule has 2 heterocycles. The molecule has 4 rings (SSSR count). The number of halogens is 1. The summed E-state index contributed by atoms with van der Waals surface area (Å²) >= 11 is 0. The van der Waals surface area contributed by atoms with Crippen molar-refractivity contribution in [1.82, 2.24) is 14.8 Å². The first kappa shape index (κ1) is 23.4. The summed E-state index contributed by atoms with van der Waals surface area (Å²) in [5, 5.41) is 9.23. The van der Waals surface area contributed by atoms with Crippen LogP contribution in [0.3, 0.4) is 0 Å². The minimum atomic E-state index is -0.871. The third-order valence-electron chi connectivity index (χ3n) is 6.15. The van der Waals surface area contributed by atoms with Crippen LogP contribution in [0.1, 0.15) is 23.0 Å². The fourth-order valence-corrected chi connectivity index (χ4v) is 4.17. The minimum absolute atomic E-state index is 0.0452. The Hall–Kier alpha value is -3.78. The van der Waals surface area contributed by atoms with Crippen molar-refractivity contribution in [3.05, 3.63) is 83.9 Å². The normalized spacial score (nSPS) is 16.3. The Morgan fingerprint density at radius 1 is 1.03 bits per heavy atom. The smallest absolute Gasteiger partial charge is 0.407 e. The van der Waals surface area contributed by atoms with Gasteiger partial charge in [0.15, 0.2) is 0 Å². The van der Waals surface area contributed by atoms with E-state index in [2.05, 4.69) is 9.88 Å². The van der Waals surface area contributed by atoms with Crippen LogP contribution in [-0.4, -0.2) is 64.6 Å². The van der Waals surface area contributed by atoms with Gasteiger partial charge in [0, 0.05) is 56.7 Å². The summed E-state index contributed by atoms with van der Waals surface area (Å²) < 4.78 is 13.1. The second-order valence-corrected chi connectivity index (χ2v) is 8.53. The van der Waals surface area contributed by atoms with Gasteiger partial charge in [-0.15, -0.1) is 0 Å². The number of hydrogen-bond donors (Lipinski definition) is 1. The number of carbonyl (C=O) groups is 2. The maximum Gasteiger partial charge on any atom is 0.407 e. The third-order valence-corrected chi connectivity index (χ3v) is 6.15. The van der Waals surface area contributed by atoms with Crippen LogP contribution in [0.4, 0.5) is 14.9 Å². The van der Waals surface area contributed by atoms with Gasteiger partial charge < -0.3 is 14.9 Å². The number of carbonyl (C=O) groups excluding carboxylic acids is 1. The number of hydrogen-bond acceptors (Lipinski definition) is 4. The molecule has 1 unspecified atom stereocenters. The van der Waals surface area contributed by atoms with E-state index in [4.69, 9.17) is 0 Å². The van der Waals surface area contributed by atoms with Gasteiger partial charge >= 0.3 is 6.09 Å². The standard InChI is InChI=1S/C26H27FN4O3/c1-18-16-30(13-14-31(18)26(33)34)17-19-3-10-23(11-4-19)29(2)25(32)24-12-7-21(15-28-24)20-5-8-22(27)9-6-20/h3-12,15,18H,13-14,16-17H2,1-2H3,(H,33,34). The highest BCUT2D eigenvalue weighted by atomic mass is 19.1.